The first-order valence-electron chi connectivity index (χ1n) is 7.15. The second-order valence-corrected chi connectivity index (χ2v) is 7.02. The first-order chi connectivity index (χ1) is 11.7. The monoisotopic (exact) mass is 442 g/mol. The highest BCUT2D eigenvalue weighted by Crippen LogP contribution is 2.40. The minimum atomic E-state index is 0.501. The van der Waals surface area contributed by atoms with Crippen molar-refractivity contribution in [2.75, 3.05) is 10.6 Å². The molecular formula is C16H8Br2N6. The quantitative estimate of drug-likeness (QED) is 0.331. The maximum absolute atomic E-state index is 4.60. The summed E-state index contributed by atoms with van der Waals surface area (Å²) in [5, 5.41) is 6.59. The van der Waals surface area contributed by atoms with Gasteiger partial charge in [0, 0.05) is 8.95 Å². The van der Waals surface area contributed by atoms with E-state index in [2.05, 4.69) is 62.4 Å². The Morgan fingerprint density at radius 2 is 1.42 bits per heavy atom. The summed E-state index contributed by atoms with van der Waals surface area (Å²) in [5.41, 5.74) is 4.41. The molecule has 24 heavy (non-hydrogen) atoms. The highest BCUT2D eigenvalue weighted by atomic mass is 79.9. The lowest BCUT2D eigenvalue weighted by molar-refractivity contribution is 1.18. The van der Waals surface area contributed by atoms with E-state index < -0.39 is 0 Å². The van der Waals surface area contributed by atoms with Crippen molar-refractivity contribution in [1.82, 2.24) is 19.9 Å². The highest BCUT2D eigenvalue weighted by molar-refractivity contribution is 9.11. The van der Waals surface area contributed by atoms with E-state index in [1.54, 1.807) is 0 Å². The Morgan fingerprint density at radius 1 is 0.708 bits per heavy atom. The van der Waals surface area contributed by atoms with Crippen LogP contribution in [0.1, 0.15) is 0 Å². The fourth-order valence-corrected chi connectivity index (χ4v) is 3.58. The van der Waals surface area contributed by atoms with Crippen molar-refractivity contribution in [2.24, 2.45) is 0 Å². The molecule has 0 saturated heterocycles. The van der Waals surface area contributed by atoms with Crippen molar-refractivity contribution in [2.45, 2.75) is 0 Å². The van der Waals surface area contributed by atoms with Gasteiger partial charge >= 0.3 is 0 Å². The summed E-state index contributed by atoms with van der Waals surface area (Å²) >= 11 is 7.04. The number of nitrogens with zero attached hydrogens (tertiary/aromatic N) is 4. The molecule has 6 nitrogen and oxygen atoms in total. The minimum Gasteiger partial charge on any atom is -0.335 e. The molecule has 2 aromatic carbocycles. The zero-order valence-electron chi connectivity index (χ0n) is 12.0. The molecule has 1 aliphatic rings. The standard InChI is InChI=1S/C16H8Br2N6/c17-7-3-1-5-9-11(7)21-15-13(19-9)23-16-14(24-15)20-10-6-2-4-8(18)12(10)22-16/h1-6H,(H,19,22,23)(H,20,21,24). The van der Waals surface area contributed by atoms with Crippen LogP contribution in [-0.4, -0.2) is 19.9 Å². The van der Waals surface area contributed by atoms with Crippen LogP contribution in [0.2, 0.25) is 0 Å². The third kappa shape index (κ3) is 2.06. The van der Waals surface area contributed by atoms with Crippen molar-refractivity contribution in [3.05, 3.63) is 45.3 Å². The van der Waals surface area contributed by atoms with Crippen molar-refractivity contribution in [3.8, 4) is 0 Å². The molecule has 3 heterocycles. The molecule has 1 aliphatic heterocycles. The average molecular weight is 444 g/mol. The van der Waals surface area contributed by atoms with Crippen molar-refractivity contribution < 1.29 is 0 Å². The van der Waals surface area contributed by atoms with E-state index in [4.69, 9.17) is 0 Å². The van der Waals surface area contributed by atoms with Crippen molar-refractivity contribution in [3.63, 3.8) is 0 Å². The summed E-state index contributed by atoms with van der Waals surface area (Å²) in [6.45, 7) is 0. The van der Waals surface area contributed by atoms with E-state index in [1.807, 2.05) is 36.4 Å². The van der Waals surface area contributed by atoms with Crippen LogP contribution < -0.4 is 10.6 Å². The Kier molecular flexibility index (Phi) is 2.98. The highest BCUT2D eigenvalue weighted by Gasteiger charge is 2.20. The number of rotatable bonds is 0. The number of nitrogens with one attached hydrogen (secondary N) is 2. The Hall–Kier alpha value is -2.32. The van der Waals surface area contributed by atoms with Gasteiger partial charge in [0.05, 0.1) is 16.9 Å². The number of fused-ring (bicyclic) bond motifs is 4. The molecule has 8 heteroatoms. The zero-order chi connectivity index (χ0) is 16.3. The van der Waals surface area contributed by atoms with Gasteiger partial charge in [0.1, 0.15) is 5.52 Å². The van der Waals surface area contributed by atoms with E-state index in [0.717, 1.165) is 31.4 Å². The largest absolute Gasteiger partial charge is 0.335 e. The van der Waals surface area contributed by atoms with Crippen LogP contribution in [0.15, 0.2) is 45.3 Å². The molecule has 0 unspecified atom stereocenters. The Labute approximate surface area is 153 Å². The number of halogens is 2. The van der Waals surface area contributed by atoms with E-state index in [0.29, 0.717) is 22.9 Å². The van der Waals surface area contributed by atoms with E-state index in [1.165, 1.54) is 0 Å². The van der Waals surface area contributed by atoms with E-state index in [9.17, 15) is 0 Å². The molecule has 0 saturated carbocycles. The number of hydrogen-bond donors (Lipinski definition) is 2. The van der Waals surface area contributed by atoms with Crippen molar-refractivity contribution >= 4 is 77.2 Å². The second-order valence-electron chi connectivity index (χ2n) is 5.31. The lowest BCUT2D eigenvalue weighted by atomic mass is 10.2. The molecule has 4 aromatic rings. The number of hydrogen-bond acceptors (Lipinski definition) is 6. The van der Waals surface area contributed by atoms with Gasteiger partial charge in [-0.05, 0) is 56.1 Å². The summed E-state index contributed by atoms with van der Waals surface area (Å²) in [7, 11) is 0. The molecule has 0 spiro atoms. The molecule has 5 rings (SSSR count). The van der Waals surface area contributed by atoms with Crippen molar-refractivity contribution in [1.29, 1.82) is 0 Å². The maximum atomic E-state index is 4.60. The van der Waals surface area contributed by atoms with E-state index >= 15 is 0 Å². The number of anilines is 4. The van der Waals surface area contributed by atoms with Crippen LogP contribution >= 0.6 is 31.9 Å². The lowest BCUT2D eigenvalue weighted by Crippen LogP contribution is -2.11. The van der Waals surface area contributed by atoms with Gasteiger partial charge in [-0.2, -0.15) is 0 Å². The van der Waals surface area contributed by atoms with Gasteiger partial charge in [0.25, 0.3) is 0 Å². The van der Waals surface area contributed by atoms with Gasteiger partial charge < -0.3 is 10.6 Å². The summed E-state index contributed by atoms with van der Waals surface area (Å²) < 4.78 is 1.84. The fraction of sp³-hybridized carbons (Fsp3) is 0. The smallest absolute Gasteiger partial charge is 0.200 e. The summed E-state index contributed by atoms with van der Waals surface area (Å²) in [6.07, 6.45) is 0. The number of para-hydroxylation sites is 2. The van der Waals surface area contributed by atoms with Gasteiger partial charge in [-0.15, -0.1) is 0 Å². The van der Waals surface area contributed by atoms with Gasteiger partial charge in [0.15, 0.2) is 11.6 Å². The van der Waals surface area contributed by atoms with Crippen LogP contribution in [0, 0.1) is 0 Å². The Morgan fingerprint density at radius 3 is 2.29 bits per heavy atom. The molecule has 0 aliphatic carbocycles. The first kappa shape index (κ1) is 14.1. The molecule has 0 bridgehead atoms. The average Bonchev–Trinajstić information content (AvgIpc) is 2.58. The molecule has 0 atom stereocenters. The Balaban J connectivity index is 1.75. The van der Waals surface area contributed by atoms with Gasteiger partial charge in [0.2, 0.25) is 11.3 Å². The van der Waals surface area contributed by atoms with E-state index in [-0.39, 0.29) is 0 Å². The fourth-order valence-electron chi connectivity index (χ4n) is 2.67. The second kappa shape index (κ2) is 5.09. The first-order valence-corrected chi connectivity index (χ1v) is 8.74. The van der Waals surface area contributed by atoms with Crippen LogP contribution in [-0.2, 0) is 0 Å². The number of aromatic nitrogens is 4. The molecule has 0 amide bonds. The molecule has 0 radical (unpaired) electrons. The van der Waals surface area contributed by atoms with Crippen LogP contribution in [0.25, 0.3) is 22.3 Å². The molecule has 2 aromatic heterocycles. The van der Waals surface area contributed by atoms with Gasteiger partial charge in [-0.25, -0.2) is 19.9 Å². The molecule has 0 fully saturated rings. The predicted molar refractivity (Wildman–Crippen MR) is 101 cm³/mol. The predicted octanol–water partition coefficient (Wildman–Crippen LogP) is 4.90. The topological polar surface area (TPSA) is 75.6 Å². The SMILES string of the molecule is Brc1cccc2c1Nc1nc3nc4cccc(Br)c4nc3nc1N2. The summed E-state index contributed by atoms with van der Waals surface area (Å²) in [5.74, 6) is 1.26. The van der Waals surface area contributed by atoms with Crippen LogP contribution in [0.4, 0.5) is 23.0 Å². The molecular weight excluding hydrogens is 436 g/mol. The lowest BCUT2D eigenvalue weighted by Gasteiger charge is -2.22. The molecule has 2 N–H and O–H groups in total. The third-order valence-corrected chi connectivity index (χ3v) is 5.08. The van der Waals surface area contributed by atoms with Gasteiger partial charge in [-0.1, -0.05) is 12.1 Å². The maximum Gasteiger partial charge on any atom is 0.200 e. The third-order valence-electron chi connectivity index (χ3n) is 3.78. The summed E-state index contributed by atoms with van der Waals surface area (Å²) in [6, 6.07) is 11.7. The minimum absolute atomic E-state index is 0.501. The Bertz CT molecular complexity index is 1140. The number of benzene rings is 2. The normalized spacial score (nSPS) is 12.4. The van der Waals surface area contributed by atoms with Crippen LogP contribution in [0.3, 0.4) is 0 Å². The summed E-state index contributed by atoms with van der Waals surface area (Å²) in [4.78, 5) is 18.4. The van der Waals surface area contributed by atoms with Crippen LogP contribution in [0.5, 0.6) is 0 Å². The zero-order valence-corrected chi connectivity index (χ0v) is 15.2. The van der Waals surface area contributed by atoms with Gasteiger partial charge in [-0.3, -0.25) is 0 Å². The molecule has 116 valence electrons.